The summed E-state index contributed by atoms with van der Waals surface area (Å²) in [4.78, 5) is 0. The SMILES string of the molecule is CC(C)(C)CNc1cc(N)cc2c(Cl)[nH]nc12. The molecule has 4 nitrogen and oxygen atoms in total. The van der Waals surface area contributed by atoms with E-state index in [2.05, 4.69) is 36.3 Å². The second-order valence-electron chi connectivity index (χ2n) is 5.42. The highest BCUT2D eigenvalue weighted by molar-refractivity contribution is 6.34. The largest absolute Gasteiger partial charge is 0.399 e. The Balaban J connectivity index is 2.39. The molecule has 1 aromatic heterocycles. The van der Waals surface area contributed by atoms with Crippen LogP contribution in [0.1, 0.15) is 20.8 Å². The third-order valence-electron chi connectivity index (χ3n) is 2.44. The van der Waals surface area contributed by atoms with E-state index in [0.29, 0.717) is 10.8 Å². The lowest BCUT2D eigenvalue weighted by Gasteiger charge is -2.20. The minimum atomic E-state index is 0.191. The van der Waals surface area contributed by atoms with Gasteiger partial charge in [-0.2, -0.15) is 5.10 Å². The lowest BCUT2D eigenvalue weighted by atomic mass is 9.97. The molecule has 0 amide bonds. The van der Waals surface area contributed by atoms with Crippen LogP contribution < -0.4 is 11.1 Å². The number of nitrogens with one attached hydrogen (secondary N) is 2. The van der Waals surface area contributed by atoms with E-state index in [9.17, 15) is 0 Å². The van der Waals surface area contributed by atoms with E-state index in [1.165, 1.54) is 0 Å². The summed E-state index contributed by atoms with van der Waals surface area (Å²) >= 11 is 6.01. The predicted molar refractivity (Wildman–Crippen MR) is 73.5 cm³/mol. The quantitative estimate of drug-likeness (QED) is 0.719. The molecule has 0 aliphatic rings. The summed E-state index contributed by atoms with van der Waals surface area (Å²) in [6.07, 6.45) is 0. The van der Waals surface area contributed by atoms with Crippen molar-refractivity contribution in [3.63, 3.8) is 0 Å². The molecule has 0 spiro atoms. The number of fused-ring (bicyclic) bond motifs is 1. The molecule has 1 aromatic carbocycles. The smallest absolute Gasteiger partial charge is 0.132 e. The third kappa shape index (κ3) is 2.64. The van der Waals surface area contributed by atoms with E-state index in [0.717, 1.165) is 23.1 Å². The van der Waals surface area contributed by atoms with Gasteiger partial charge in [-0.25, -0.2) is 0 Å². The van der Waals surface area contributed by atoms with Crippen molar-refractivity contribution in [2.75, 3.05) is 17.6 Å². The fourth-order valence-corrected chi connectivity index (χ4v) is 1.79. The molecule has 0 unspecified atom stereocenters. The van der Waals surface area contributed by atoms with Gasteiger partial charge >= 0.3 is 0 Å². The molecule has 0 bridgehead atoms. The maximum Gasteiger partial charge on any atom is 0.132 e. The van der Waals surface area contributed by atoms with Gasteiger partial charge in [0.05, 0.1) is 5.69 Å². The van der Waals surface area contributed by atoms with Crippen LogP contribution in [0.5, 0.6) is 0 Å². The van der Waals surface area contributed by atoms with Crippen LogP contribution in [-0.2, 0) is 0 Å². The Kier molecular flexibility index (Phi) is 2.91. The molecule has 0 aliphatic heterocycles. The van der Waals surface area contributed by atoms with Gasteiger partial charge in [-0.3, -0.25) is 5.10 Å². The predicted octanol–water partition coefficient (Wildman–Crippen LogP) is 3.26. The Morgan fingerprint density at radius 3 is 2.76 bits per heavy atom. The van der Waals surface area contributed by atoms with Crippen molar-refractivity contribution in [1.29, 1.82) is 0 Å². The lowest BCUT2D eigenvalue weighted by molar-refractivity contribution is 0.443. The van der Waals surface area contributed by atoms with Crippen LogP contribution in [0.4, 0.5) is 11.4 Å². The summed E-state index contributed by atoms with van der Waals surface area (Å²) < 4.78 is 0. The molecule has 4 N–H and O–H groups in total. The minimum absolute atomic E-state index is 0.191. The molecule has 1 heterocycles. The topological polar surface area (TPSA) is 66.7 Å². The van der Waals surface area contributed by atoms with Crippen molar-refractivity contribution in [3.05, 3.63) is 17.3 Å². The number of anilines is 2. The number of aromatic nitrogens is 2. The van der Waals surface area contributed by atoms with Gasteiger partial charge in [-0.1, -0.05) is 32.4 Å². The van der Waals surface area contributed by atoms with Gasteiger partial charge in [0.15, 0.2) is 0 Å². The highest BCUT2D eigenvalue weighted by Gasteiger charge is 2.13. The zero-order valence-corrected chi connectivity index (χ0v) is 11.0. The van der Waals surface area contributed by atoms with Crippen molar-refractivity contribution < 1.29 is 0 Å². The molecule has 2 rings (SSSR count). The Bertz CT molecular complexity index is 539. The number of nitrogen functional groups attached to an aromatic ring is 1. The molecule has 17 heavy (non-hydrogen) atoms. The maximum atomic E-state index is 6.01. The van der Waals surface area contributed by atoms with Crippen LogP contribution in [0.25, 0.3) is 10.9 Å². The zero-order chi connectivity index (χ0) is 12.6. The first-order chi connectivity index (χ1) is 7.87. The van der Waals surface area contributed by atoms with Gasteiger partial charge in [0.2, 0.25) is 0 Å². The summed E-state index contributed by atoms with van der Waals surface area (Å²) in [6, 6.07) is 3.70. The highest BCUT2D eigenvalue weighted by Crippen LogP contribution is 2.30. The number of nitrogens with two attached hydrogens (primary N) is 1. The van der Waals surface area contributed by atoms with Crippen LogP contribution >= 0.6 is 11.6 Å². The molecule has 0 radical (unpaired) electrons. The molecular weight excluding hydrogens is 236 g/mol. The molecule has 0 saturated heterocycles. The Morgan fingerprint density at radius 2 is 2.12 bits per heavy atom. The number of H-pyrrole nitrogens is 1. The number of aromatic amines is 1. The van der Waals surface area contributed by atoms with Gasteiger partial charge in [-0.05, 0) is 17.5 Å². The Hall–Kier alpha value is -1.42. The maximum absolute atomic E-state index is 6.01. The number of hydrogen-bond acceptors (Lipinski definition) is 3. The van der Waals surface area contributed by atoms with E-state index in [-0.39, 0.29) is 5.41 Å². The zero-order valence-electron chi connectivity index (χ0n) is 10.3. The van der Waals surface area contributed by atoms with E-state index in [4.69, 9.17) is 17.3 Å². The molecule has 5 heteroatoms. The third-order valence-corrected chi connectivity index (χ3v) is 2.73. The summed E-state index contributed by atoms with van der Waals surface area (Å²) in [6.45, 7) is 7.35. The molecule has 92 valence electrons. The molecular formula is C12H17ClN4. The fraction of sp³-hybridized carbons (Fsp3) is 0.417. The van der Waals surface area contributed by atoms with Gasteiger partial charge in [0.25, 0.3) is 0 Å². The van der Waals surface area contributed by atoms with Crippen LogP contribution in [0.3, 0.4) is 0 Å². The average Bonchev–Trinajstić information content (AvgIpc) is 2.56. The van der Waals surface area contributed by atoms with Crippen molar-refractivity contribution in [1.82, 2.24) is 10.2 Å². The summed E-state index contributed by atoms with van der Waals surface area (Å²) in [5.41, 5.74) is 8.46. The van der Waals surface area contributed by atoms with E-state index in [1.807, 2.05) is 12.1 Å². The standard InChI is InChI=1S/C12H17ClN4/c1-12(2,3)6-15-9-5-7(14)4-8-10(9)16-17-11(8)13/h4-5,15H,6,14H2,1-3H3,(H,16,17). The second kappa shape index (κ2) is 4.11. The van der Waals surface area contributed by atoms with Gasteiger partial charge in [0, 0.05) is 17.6 Å². The summed E-state index contributed by atoms with van der Waals surface area (Å²) in [7, 11) is 0. The normalized spacial score (nSPS) is 12.0. The Morgan fingerprint density at radius 1 is 1.41 bits per heavy atom. The first-order valence-electron chi connectivity index (χ1n) is 5.54. The van der Waals surface area contributed by atoms with Crippen LogP contribution in [-0.4, -0.2) is 16.7 Å². The Labute approximate surface area is 106 Å². The molecule has 2 aromatic rings. The molecule has 0 atom stereocenters. The number of nitrogens with zero attached hydrogens (tertiary/aromatic N) is 1. The number of rotatable bonds is 2. The van der Waals surface area contributed by atoms with Gasteiger partial charge in [0.1, 0.15) is 10.7 Å². The number of benzene rings is 1. The summed E-state index contributed by atoms with van der Waals surface area (Å²) in [5.74, 6) is 0. The second-order valence-corrected chi connectivity index (χ2v) is 5.79. The highest BCUT2D eigenvalue weighted by atomic mass is 35.5. The molecule has 0 fully saturated rings. The monoisotopic (exact) mass is 252 g/mol. The van der Waals surface area contributed by atoms with Crippen molar-refractivity contribution in [3.8, 4) is 0 Å². The van der Waals surface area contributed by atoms with Crippen LogP contribution in [0.2, 0.25) is 5.15 Å². The number of hydrogen-bond donors (Lipinski definition) is 3. The summed E-state index contributed by atoms with van der Waals surface area (Å²) in [5, 5.41) is 11.7. The van der Waals surface area contributed by atoms with Crippen LogP contribution in [0.15, 0.2) is 12.1 Å². The van der Waals surface area contributed by atoms with Gasteiger partial charge in [-0.15, -0.1) is 0 Å². The fourth-order valence-electron chi connectivity index (χ4n) is 1.60. The van der Waals surface area contributed by atoms with Crippen molar-refractivity contribution in [2.45, 2.75) is 20.8 Å². The van der Waals surface area contributed by atoms with Gasteiger partial charge < -0.3 is 11.1 Å². The van der Waals surface area contributed by atoms with Crippen LogP contribution in [0, 0.1) is 5.41 Å². The molecule has 0 aliphatic carbocycles. The van der Waals surface area contributed by atoms with E-state index in [1.54, 1.807) is 0 Å². The minimum Gasteiger partial charge on any atom is -0.399 e. The van der Waals surface area contributed by atoms with E-state index >= 15 is 0 Å². The average molecular weight is 253 g/mol. The van der Waals surface area contributed by atoms with E-state index < -0.39 is 0 Å². The lowest BCUT2D eigenvalue weighted by Crippen LogP contribution is -2.19. The first-order valence-corrected chi connectivity index (χ1v) is 5.91. The first kappa shape index (κ1) is 12.0. The van der Waals surface area contributed by atoms with Crippen molar-refractivity contribution >= 4 is 33.9 Å². The molecule has 0 saturated carbocycles. The van der Waals surface area contributed by atoms with Crippen molar-refractivity contribution in [2.24, 2.45) is 5.41 Å². The number of halogens is 1.